The molecule has 1 saturated heterocycles. The Bertz CT molecular complexity index is 539. The van der Waals surface area contributed by atoms with Gasteiger partial charge in [-0.15, -0.1) is 0 Å². The van der Waals surface area contributed by atoms with E-state index < -0.39 is 0 Å². The first-order valence-electron chi connectivity index (χ1n) is 8.57. The first-order chi connectivity index (χ1) is 10.9. The first kappa shape index (κ1) is 17.8. The second kappa shape index (κ2) is 7.82. The molecule has 23 heavy (non-hydrogen) atoms. The quantitative estimate of drug-likeness (QED) is 0.907. The van der Waals surface area contributed by atoms with E-state index in [9.17, 15) is 9.90 Å². The maximum absolute atomic E-state index is 12.3. The lowest BCUT2D eigenvalue weighted by Crippen LogP contribution is -2.44. The van der Waals surface area contributed by atoms with Crippen molar-refractivity contribution in [3.8, 4) is 5.75 Å². The average molecular weight is 319 g/mol. The van der Waals surface area contributed by atoms with Crippen molar-refractivity contribution in [1.82, 2.24) is 4.90 Å². The van der Waals surface area contributed by atoms with E-state index >= 15 is 0 Å². The van der Waals surface area contributed by atoms with E-state index in [-0.39, 0.29) is 24.5 Å². The summed E-state index contributed by atoms with van der Waals surface area (Å²) in [6.45, 7) is 9.66. The van der Waals surface area contributed by atoms with Crippen LogP contribution in [0.15, 0.2) is 18.2 Å². The highest BCUT2D eigenvalue weighted by molar-refractivity contribution is 5.77. The topological polar surface area (TPSA) is 49.8 Å². The number of carbonyl (C=O) groups excluding carboxylic acids is 1. The number of carbonyl (C=O) groups is 1. The summed E-state index contributed by atoms with van der Waals surface area (Å²) in [6, 6.07) is 6.01. The van der Waals surface area contributed by atoms with Crippen LogP contribution >= 0.6 is 0 Å². The SMILES string of the molecule is Cc1cc(OCC(=O)N2CCCC(C(C)O)C2)ccc1C(C)C. The predicted octanol–water partition coefficient (Wildman–Crippen LogP) is 3.12. The molecule has 0 radical (unpaired) electrons. The minimum Gasteiger partial charge on any atom is -0.484 e. The lowest BCUT2D eigenvalue weighted by atomic mass is 9.93. The summed E-state index contributed by atoms with van der Waals surface area (Å²) in [5, 5.41) is 9.72. The van der Waals surface area contributed by atoms with Gasteiger partial charge in [0.25, 0.3) is 5.91 Å². The summed E-state index contributed by atoms with van der Waals surface area (Å²) in [4.78, 5) is 14.1. The zero-order valence-corrected chi connectivity index (χ0v) is 14.7. The Labute approximate surface area is 139 Å². The van der Waals surface area contributed by atoms with Gasteiger partial charge in [-0.05, 0) is 55.9 Å². The number of aryl methyl sites for hydroxylation is 1. The monoisotopic (exact) mass is 319 g/mol. The van der Waals surface area contributed by atoms with Crippen LogP contribution in [0.4, 0.5) is 0 Å². The normalized spacial score (nSPS) is 19.7. The van der Waals surface area contributed by atoms with Gasteiger partial charge in [-0.3, -0.25) is 4.79 Å². The molecule has 128 valence electrons. The Morgan fingerprint density at radius 1 is 1.39 bits per heavy atom. The lowest BCUT2D eigenvalue weighted by Gasteiger charge is -2.34. The van der Waals surface area contributed by atoms with Crippen LogP contribution in [0.5, 0.6) is 5.75 Å². The standard InChI is InChI=1S/C19H29NO3/c1-13(2)18-8-7-17(10-14(18)3)23-12-19(22)20-9-5-6-16(11-20)15(4)21/h7-8,10,13,15-16,21H,5-6,9,11-12H2,1-4H3. The molecule has 4 heteroatoms. The van der Waals surface area contributed by atoms with E-state index in [1.165, 1.54) is 11.1 Å². The number of amides is 1. The summed E-state index contributed by atoms with van der Waals surface area (Å²) < 4.78 is 5.68. The van der Waals surface area contributed by atoms with E-state index in [1.54, 1.807) is 6.92 Å². The third kappa shape index (κ3) is 4.71. The molecule has 1 heterocycles. The summed E-state index contributed by atoms with van der Waals surface area (Å²) in [5.41, 5.74) is 2.50. The van der Waals surface area contributed by atoms with Gasteiger partial charge in [0.1, 0.15) is 5.75 Å². The molecule has 1 amide bonds. The van der Waals surface area contributed by atoms with Crippen LogP contribution in [-0.4, -0.2) is 41.7 Å². The third-order valence-corrected chi connectivity index (χ3v) is 4.72. The molecular formula is C19H29NO3. The number of aliphatic hydroxyl groups is 1. The highest BCUT2D eigenvalue weighted by Crippen LogP contribution is 2.24. The maximum Gasteiger partial charge on any atom is 0.260 e. The van der Waals surface area contributed by atoms with E-state index in [0.717, 1.165) is 25.1 Å². The van der Waals surface area contributed by atoms with Crippen molar-refractivity contribution < 1.29 is 14.6 Å². The van der Waals surface area contributed by atoms with Crippen LogP contribution in [0.1, 0.15) is 50.7 Å². The van der Waals surface area contributed by atoms with Crippen molar-refractivity contribution in [2.24, 2.45) is 5.92 Å². The average Bonchev–Trinajstić information content (AvgIpc) is 2.52. The largest absolute Gasteiger partial charge is 0.484 e. The number of hydrogen-bond donors (Lipinski definition) is 1. The van der Waals surface area contributed by atoms with Crippen molar-refractivity contribution in [2.75, 3.05) is 19.7 Å². The van der Waals surface area contributed by atoms with Crippen molar-refractivity contribution in [2.45, 2.75) is 52.6 Å². The van der Waals surface area contributed by atoms with Crippen molar-refractivity contribution >= 4 is 5.91 Å². The van der Waals surface area contributed by atoms with Crippen molar-refractivity contribution in [3.63, 3.8) is 0 Å². The first-order valence-corrected chi connectivity index (χ1v) is 8.57. The minimum absolute atomic E-state index is 0.000870. The van der Waals surface area contributed by atoms with Gasteiger partial charge in [-0.1, -0.05) is 19.9 Å². The molecule has 2 atom stereocenters. The fourth-order valence-corrected chi connectivity index (χ4v) is 3.25. The summed E-state index contributed by atoms with van der Waals surface area (Å²) in [7, 11) is 0. The Morgan fingerprint density at radius 2 is 2.13 bits per heavy atom. The maximum atomic E-state index is 12.3. The second-order valence-corrected chi connectivity index (χ2v) is 6.94. The Morgan fingerprint density at radius 3 is 2.74 bits per heavy atom. The predicted molar refractivity (Wildman–Crippen MR) is 91.7 cm³/mol. The van der Waals surface area contributed by atoms with Gasteiger partial charge >= 0.3 is 0 Å². The van der Waals surface area contributed by atoms with Crippen LogP contribution in [0.3, 0.4) is 0 Å². The van der Waals surface area contributed by atoms with Gasteiger partial charge < -0.3 is 14.7 Å². The Hall–Kier alpha value is -1.55. The Balaban J connectivity index is 1.90. The summed E-state index contributed by atoms with van der Waals surface area (Å²) in [6.07, 6.45) is 1.57. The van der Waals surface area contributed by atoms with Crippen LogP contribution in [-0.2, 0) is 4.79 Å². The fraction of sp³-hybridized carbons (Fsp3) is 0.632. The molecule has 0 aliphatic carbocycles. The number of nitrogens with zero attached hydrogens (tertiary/aromatic N) is 1. The molecular weight excluding hydrogens is 290 g/mol. The second-order valence-electron chi connectivity index (χ2n) is 6.94. The van der Waals surface area contributed by atoms with E-state index in [2.05, 4.69) is 26.8 Å². The molecule has 0 saturated carbocycles. The van der Waals surface area contributed by atoms with Crippen LogP contribution in [0.25, 0.3) is 0 Å². The molecule has 2 rings (SSSR count). The van der Waals surface area contributed by atoms with Crippen LogP contribution in [0.2, 0.25) is 0 Å². The smallest absolute Gasteiger partial charge is 0.260 e. The van der Waals surface area contributed by atoms with Crippen LogP contribution in [0, 0.1) is 12.8 Å². The lowest BCUT2D eigenvalue weighted by molar-refractivity contribution is -0.136. The number of aliphatic hydroxyl groups excluding tert-OH is 1. The number of benzene rings is 1. The number of hydrogen-bond acceptors (Lipinski definition) is 3. The summed E-state index contributed by atoms with van der Waals surface area (Å²) >= 11 is 0. The number of ether oxygens (including phenoxy) is 1. The molecule has 1 aliphatic heterocycles. The molecule has 0 aromatic heterocycles. The molecule has 1 fully saturated rings. The molecule has 0 bridgehead atoms. The number of rotatable bonds is 5. The van der Waals surface area contributed by atoms with Gasteiger partial charge in [0.2, 0.25) is 0 Å². The van der Waals surface area contributed by atoms with Gasteiger partial charge in [0, 0.05) is 19.0 Å². The van der Waals surface area contributed by atoms with Crippen LogP contribution < -0.4 is 4.74 Å². The van der Waals surface area contributed by atoms with Gasteiger partial charge in [-0.2, -0.15) is 0 Å². The highest BCUT2D eigenvalue weighted by Gasteiger charge is 2.26. The Kier molecular flexibility index (Phi) is 6.05. The minimum atomic E-state index is -0.363. The molecule has 1 aromatic rings. The van der Waals surface area contributed by atoms with Crippen molar-refractivity contribution in [1.29, 1.82) is 0 Å². The van der Waals surface area contributed by atoms with Gasteiger partial charge in [0.05, 0.1) is 6.10 Å². The van der Waals surface area contributed by atoms with E-state index in [0.29, 0.717) is 12.5 Å². The third-order valence-electron chi connectivity index (χ3n) is 4.72. The number of likely N-dealkylation sites (tertiary alicyclic amines) is 1. The van der Waals surface area contributed by atoms with E-state index in [1.807, 2.05) is 17.0 Å². The molecule has 1 N–H and O–H groups in total. The fourth-order valence-electron chi connectivity index (χ4n) is 3.25. The van der Waals surface area contributed by atoms with Gasteiger partial charge in [-0.25, -0.2) is 0 Å². The molecule has 2 unspecified atom stereocenters. The molecule has 0 spiro atoms. The van der Waals surface area contributed by atoms with E-state index in [4.69, 9.17) is 4.74 Å². The zero-order valence-electron chi connectivity index (χ0n) is 14.7. The molecule has 4 nitrogen and oxygen atoms in total. The number of piperidine rings is 1. The highest BCUT2D eigenvalue weighted by atomic mass is 16.5. The van der Waals surface area contributed by atoms with Crippen molar-refractivity contribution in [3.05, 3.63) is 29.3 Å². The zero-order chi connectivity index (χ0) is 17.0. The molecule has 1 aromatic carbocycles. The van der Waals surface area contributed by atoms with Gasteiger partial charge in [0.15, 0.2) is 6.61 Å². The molecule has 1 aliphatic rings. The summed E-state index contributed by atoms with van der Waals surface area (Å²) in [5.74, 6) is 1.40.